The summed E-state index contributed by atoms with van der Waals surface area (Å²) in [6.45, 7) is 2.14. The second-order valence-corrected chi connectivity index (χ2v) is 6.88. The van der Waals surface area contributed by atoms with Crippen molar-refractivity contribution in [2.75, 3.05) is 18.4 Å². The second kappa shape index (κ2) is 7.85. The predicted molar refractivity (Wildman–Crippen MR) is 99.1 cm³/mol. The Morgan fingerprint density at radius 1 is 1.27 bits per heavy atom. The molecule has 2 amide bonds. The number of amides is 2. The standard InChI is InChI=1S/C19H20ClN3O3/c1-12(24)22-15-2-3-16(17(20)9-15)19(26)23-10-14(18(25)11-23)8-13-4-6-21-7-5-13/h2-7,9,14,18,25H,8,10-11H2,1H3,(H,22,24)/t14-,18+/m1/s1. The number of aliphatic hydroxyl groups excluding tert-OH is 1. The molecule has 136 valence electrons. The molecule has 1 aliphatic heterocycles. The predicted octanol–water partition coefficient (Wildman–Crippen LogP) is 2.37. The first-order chi connectivity index (χ1) is 12.4. The lowest BCUT2D eigenvalue weighted by Gasteiger charge is -2.17. The summed E-state index contributed by atoms with van der Waals surface area (Å²) in [5, 5.41) is 13.2. The van der Waals surface area contributed by atoms with E-state index in [4.69, 9.17) is 11.6 Å². The second-order valence-electron chi connectivity index (χ2n) is 6.47. The van der Waals surface area contributed by atoms with E-state index in [-0.39, 0.29) is 29.3 Å². The zero-order chi connectivity index (χ0) is 18.7. The number of pyridine rings is 1. The summed E-state index contributed by atoms with van der Waals surface area (Å²) in [5.74, 6) is -0.457. The van der Waals surface area contributed by atoms with Crippen LogP contribution in [0.2, 0.25) is 5.02 Å². The van der Waals surface area contributed by atoms with Crippen LogP contribution >= 0.6 is 11.6 Å². The molecule has 7 heteroatoms. The van der Waals surface area contributed by atoms with E-state index in [1.807, 2.05) is 12.1 Å². The third kappa shape index (κ3) is 4.20. The summed E-state index contributed by atoms with van der Waals surface area (Å²) in [5.41, 5.74) is 1.98. The van der Waals surface area contributed by atoms with Crippen LogP contribution in [-0.4, -0.2) is 46.0 Å². The number of halogens is 1. The number of nitrogens with zero attached hydrogens (tertiary/aromatic N) is 2. The van der Waals surface area contributed by atoms with Gasteiger partial charge < -0.3 is 15.3 Å². The van der Waals surface area contributed by atoms with Crippen molar-refractivity contribution in [1.82, 2.24) is 9.88 Å². The highest BCUT2D eigenvalue weighted by atomic mass is 35.5. The van der Waals surface area contributed by atoms with Gasteiger partial charge in [0.25, 0.3) is 5.91 Å². The van der Waals surface area contributed by atoms with E-state index in [0.29, 0.717) is 24.2 Å². The van der Waals surface area contributed by atoms with Gasteiger partial charge in [-0.2, -0.15) is 0 Å². The number of rotatable bonds is 4. The first kappa shape index (κ1) is 18.4. The number of aliphatic hydroxyl groups is 1. The summed E-state index contributed by atoms with van der Waals surface area (Å²) in [6, 6.07) is 8.61. The molecule has 0 saturated carbocycles. The van der Waals surface area contributed by atoms with Crippen LogP contribution in [0.5, 0.6) is 0 Å². The molecule has 1 aromatic carbocycles. The highest BCUT2D eigenvalue weighted by Gasteiger charge is 2.34. The van der Waals surface area contributed by atoms with Crippen molar-refractivity contribution in [3.8, 4) is 0 Å². The molecule has 0 bridgehead atoms. The van der Waals surface area contributed by atoms with E-state index in [2.05, 4.69) is 10.3 Å². The molecule has 1 aliphatic rings. The molecule has 1 saturated heterocycles. The molecule has 0 radical (unpaired) electrons. The minimum absolute atomic E-state index is 0.0289. The Labute approximate surface area is 156 Å². The molecule has 0 aliphatic carbocycles. The van der Waals surface area contributed by atoms with Crippen molar-refractivity contribution in [3.05, 3.63) is 58.9 Å². The molecule has 2 aromatic rings. The summed E-state index contributed by atoms with van der Waals surface area (Å²) >= 11 is 6.22. The number of hydrogen-bond donors (Lipinski definition) is 2. The van der Waals surface area contributed by atoms with Gasteiger partial charge in [-0.3, -0.25) is 14.6 Å². The largest absolute Gasteiger partial charge is 0.391 e. The van der Waals surface area contributed by atoms with Crippen LogP contribution in [0.4, 0.5) is 5.69 Å². The lowest BCUT2D eigenvalue weighted by atomic mass is 9.97. The van der Waals surface area contributed by atoms with E-state index in [0.717, 1.165) is 5.56 Å². The number of carbonyl (C=O) groups is 2. The summed E-state index contributed by atoms with van der Waals surface area (Å²) in [6.07, 6.45) is 3.54. The molecule has 3 rings (SSSR count). The third-order valence-electron chi connectivity index (χ3n) is 4.46. The molecule has 2 N–H and O–H groups in total. The summed E-state index contributed by atoms with van der Waals surface area (Å²) in [7, 11) is 0. The topological polar surface area (TPSA) is 82.5 Å². The minimum Gasteiger partial charge on any atom is -0.391 e. The van der Waals surface area contributed by atoms with Gasteiger partial charge in [0.2, 0.25) is 5.91 Å². The number of likely N-dealkylation sites (tertiary alicyclic amines) is 1. The summed E-state index contributed by atoms with van der Waals surface area (Å²) in [4.78, 5) is 29.5. The van der Waals surface area contributed by atoms with Crippen molar-refractivity contribution >= 4 is 29.1 Å². The van der Waals surface area contributed by atoms with Gasteiger partial charge in [0.1, 0.15) is 0 Å². The SMILES string of the molecule is CC(=O)Nc1ccc(C(=O)N2C[C@@H](Cc3ccncc3)[C@@H](O)C2)c(Cl)c1. The maximum absolute atomic E-state index is 12.8. The number of hydrogen-bond acceptors (Lipinski definition) is 4. The Bertz CT molecular complexity index is 813. The van der Waals surface area contributed by atoms with Crippen molar-refractivity contribution in [1.29, 1.82) is 0 Å². The third-order valence-corrected chi connectivity index (χ3v) is 4.77. The average Bonchev–Trinajstić information content (AvgIpc) is 2.95. The fourth-order valence-electron chi connectivity index (χ4n) is 3.18. The smallest absolute Gasteiger partial charge is 0.255 e. The van der Waals surface area contributed by atoms with Gasteiger partial charge in [0.15, 0.2) is 0 Å². The number of benzene rings is 1. The van der Waals surface area contributed by atoms with E-state index >= 15 is 0 Å². The molecule has 0 spiro atoms. The van der Waals surface area contributed by atoms with Crippen molar-refractivity contribution in [3.63, 3.8) is 0 Å². The van der Waals surface area contributed by atoms with E-state index in [1.165, 1.54) is 6.92 Å². The van der Waals surface area contributed by atoms with Crippen LogP contribution in [0.3, 0.4) is 0 Å². The van der Waals surface area contributed by atoms with Gasteiger partial charge in [-0.1, -0.05) is 11.6 Å². The zero-order valence-electron chi connectivity index (χ0n) is 14.4. The van der Waals surface area contributed by atoms with Crippen molar-refractivity contribution < 1.29 is 14.7 Å². The van der Waals surface area contributed by atoms with Crippen molar-refractivity contribution in [2.24, 2.45) is 5.92 Å². The monoisotopic (exact) mass is 373 g/mol. The molecule has 2 atom stereocenters. The van der Waals surface area contributed by atoms with Gasteiger partial charge in [-0.25, -0.2) is 0 Å². The fourth-order valence-corrected chi connectivity index (χ4v) is 3.44. The Hall–Kier alpha value is -2.44. The first-order valence-electron chi connectivity index (χ1n) is 8.37. The Morgan fingerprint density at radius 3 is 2.65 bits per heavy atom. The normalized spacial score (nSPS) is 19.4. The fraction of sp³-hybridized carbons (Fsp3) is 0.316. The average molecular weight is 374 g/mol. The van der Waals surface area contributed by atoms with Crippen LogP contribution < -0.4 is 5.32 Å². The Balaban J connectivity index is 1.69. The molecule has 2 heterocycles. The van der Waals surface area contributed by atoms with Gasteiger partial charge in [-0.15, -0.1) is 0 Å². The first-order valence-corrected chi connectivity index (χ1v) is 8.75. The molecule has 0 unspecified atom stereocenters. The van der Waals surface area contributed by atoms with Gasteiger partial charge >= 0.3 is 0 Å². The highest BCUT2D eigenvalue weighted by Crippen LogP contribution is 2.27. The number of aromatic nitrogens is 1. The highest BCUT2D eigenvalue weighted by molar-refractivity contribution is 6.34. The van der Waals surface area contributed by atoms with Crippen LogP contribution in [0.15, 0.2) is 42.7 Å². The van der Waals surface area contributed by atoms with Crippen LogP contribution in [0.1, 0.15) is 22.8 Å². The van der Waals surface area contributed by atoms with Crippen molar-refractivity contribution in [2.45, 2.75) is 19.4 Å². The summed E-state index contributed by atoms with van der Waals surface area (Å²) < 4.78 is 0. The molecule has 1 aromatic heterocycles. The molecule has 26 heavy (non-hydrogen) atoms. The maximum atomic E-state index is 12.8. The van der Waals surface area contributed by atoms with Crippen LogP contribution in [0, 0.1) is 5.92 Å². The zero-order valence-corrected chi connectivity index (χ0v) is 15.1. The molecule has 1 fully saturated rings. The Kier molecular flexibility index (Phi) is 5.54. The van der Waals surface area contributed by atoms with E-state index in [9.17, 15) is 14.7 Å². The van der Waals surface area contributed by atoms with E-state index in [1.54, 1.807) is 35.5 Å². The van der Waals surface area contributed by atoms with Crippen LogP contribution in [0.25, 0.3) is 0 Å². The van der Waals surface area contributed by atoms with Gasteiger partial charge in [-0.05, 0) is 42.3 Å². The molecule has 6 nitrogen and oxygen atoms in total. The van der Waals surface area contributed by atoms with Crippen LogP contribution in [-0.2, 0) is 11.2 Å². The lowest BCUT2D eigenvalue weighted by Crippen LogP contribution is -2.29. The van der Waals surface area contributed by atoms with Gasteiger partial charge in [0.05, 0.1) is 16.7 Å². The quantitative estimate of drug-likeness (QED) is 0.862. The Morgan fingerprint density at radius 2 is 2.00 bits per heavy atom. The minimum atomic E-state index is -0.579. The van der Waals surface area contributed by atoms with E-state index < -0.39 is 6.10 Å². The van der Waals surface area contributed by atoms with Gasteiger partial charge in [0, 0.05) is 44.0 Å². The lowest BCUT2D eigenvalue weighted by molar-refractivity contribution is -0.114. The molecular weight excluding hydrogens is 354 g/mol. The maximum Gasteiger partial charge on any atom is 0.255 e. The molecular formula is C19H20ClN3O3. The number of anilines is 1. The number of nitrogens with one attached hydrogen (secondary N) is 1. The number of β-amino-alcohol motifs (C(OH)–C–C–N with tert-alkyl or cyclic N) is 1. The number of carbonyl (C=O) groups excluding carboxylic acids is 2.